The fourth-order valence-electron chi connectivity index (χ4n) is 2.05. The highest BCUT2D eigenvalue weighted by molar-refractivity contribution is 7.18. The van der Waals surface area contributed by atoms with E-state index in [0.29, 0.717) is 12.0 Å². The van der Waals surface area contributed by atoms with Crippen LogP contribution >= 0.6 is 11.3 Å². The summed E-state index contributed by atoms with van der Waals surface area (Å²) in [6, 6.07) is 0. The predicted octanol–water partition coefficient (Wildman–Crippen LogP) is 3.13. The lowest BCUT2D eigenvalue weighted by molar-refractivity contribution is 0.366. The first-order valence-electron chi connectivity index (χ1n) is 6.97. The number of fused-ring (bicyclic) bond motifs is 1. The van der Waals surface area contributed by atoms with Gasteiger partial charge in [-0.15, -0.1) is 11.3 Å². The summed E-state index contributed by atoms with van der Waals surface area (Å²) in [7, 11) is 0. The van der Waals surface area contributed by atoms with Gasteiger partial charge in [0.2, 0.25) is 0 Å². The minimum atomic E-state index is -0.0236. The van der Waals surface area contributed by atoms with Gasteiger partial charge in [0, 0.05) is 4.88 Å². The van der Waals surface area contributed by atoms with E-state index in [0.717, 1.165) is 39.4 Å². The molecule has 0 aliphatic rings. The number of rotatable bonds is 4. The van der Waals surface area contributed by atoms with E-state index < -0.39 is 0 Å². The van der Waals surface area contributed by atoms with E-state index in [-0.39, 0.29) is 5.56 Å². The molecule has 4 nitrogen and oxygen atoms in total. The van der Waals surface area contributed by atoms with E-state index in [1.807, 2.05) is 13.8 Å². The van der Waals surface area contributed by atoms with Gasteiger partial charge in [-0.3, -0.25) is 4.79 Å². The van der Waals surface area contributed by atoms with Gasteiger partial charge in [-0.2, -0.15) is 0 Å². The number of nitrogens with zero attached hydrogens (tertiary/aromatic N) is 1. The number of aromatic nitrogens is 2. The molecule has 0 aromatic carbocycles. The highest BCUT2D eigenvalue weighted by Gasteiger charge is 2.12. The highest BCUT2D eigenvalue weighted by Crippen LogP contribution is 2.25. The maximum Gasteiger partial charge on any atom is 0.259 e. The number of thiophene rings is 1. The zero-order chi connectivity index (χ0) is 14.9. The molecule has 0 saturated carbocycles. The van der Waals surface area contributed by atoms with Crippen molar-refractivity contribution in [2.75, 3.05) is 6.54 Å². The first kappa shape index (κ1) is 15.2. The summed E-state index contributed by atoms with van der Waals surface area (Å²) < 4.78 is 0. The fraction of sp³-hybridized carbons (Fsp3) is 0.600. The van der Waals surface area contributed by atoms with Gasteiger partial charge in [-0.1, -0.05) is 20.8 Å². The summed E-state index contributed by atoms with van der Waals surface area (Å²) in [5.74, 6) is 0.720. The molecule has 2 heterocycles. The lowest BCUT2D eigenvalue weighted by Gasteiger charge is -2.17. The number of nitrogens with one attached hydrogen (secondary N) is 2. The van der Waals surface area contributed by atoms with Crippen molar-refractivity contribution < 1.29 is 0 Å². The zero-order valence-electron chi connectivity index (χ0n) is 12.9. The Morgan fingerprint density at radius 1 is 1.30 bits per heavy atom. The summed E-state index contributed by atoms with van der Waals surface area (Å²) in [6.45, 7) is 12.2. The quantitative estimate of drug-likeness (QED) is 0.852. The minimum absolute atomic E-state index is 0.0236. The Hall–Kier alpha value is -1.20. The molecule has 110 valence electrons. The fourth-order valence-corrected chi connectivity index (χ4v) is 3.10. The molecule has 0 unspecified atom stereocenters. The Bertz CT molecular complexity index is 664. The molecule has 0 radical (unpaired) electrons. The van der Waals surface area contributed by atoms with Crippen LogP contribution in [0.3, 0.4) is 0 Å². The van der Waals surface area contributed by atoms with Crippen LogP contribution in [-0.2, 0) is 6.54 Å². The van der Waals surface area contributed by atoms with Gasteiger partial charge < -0.3 is 10.3 Å². The van der Waals surface area contributed by atoms with Crippen LogP contribution in [0.15, 0.2) is 4.79 Å². The van der Waals surface area contributed by atoms with Gasteiger partial charge in [0.05, 0.1) is 11.9 Å². The first-order chi connectivity index (χ1) is 9.28. The average molecular weight is 293 g/mol. The molecule has 0 amide bonds. The molecule has 2 rings (SSSR count). The largest absolute Gasteiger partial charge is 0.310 e. The molecule has 0 aliphatic carbocycles. The van der Waals surface area contributed by atoms with Crippen LogP contribution < -0.4 is 10.9 Å². The predicted molar refractivity (Wildman–Crippen MR) is 85.5 cm³/mol. The Labute approximate surface area is 123 Å². The standard InChI is InChI=1S/C15H23N3OS/c1-9-10(2)20-14-12(9)13(19)17-11(18-14)8-16-7-6-15(3,4)5/h16H,6-8H2,1-5H3,(H,17,18,19). The highest BCUT2D eigenvalue weighted by atomic mass is 32.1. The first-order valence-corrected chi connectivity index (χ1v) is 7.79. The normalized spacial score (nSPS) is 12.2. The smallest absolute Gasteiger partial charge is 0.259 e. The Balaban J connectivity index is 2.10. The molecule has 20 heavy (non-hydrogen) atoms. The summed E-state index contributed by atoms with van der Waals surface area (Å²) in [5, 5.41) is 4.09. The number of aryl methyl sites for hydroxylation is 2. The van der Waals surface area contributed by atoms with Crippen LogP contribution in [0.4, 0.5) is 0 Å². The topological polar surface area (TPSA) is 57.8 Å². The van der Waals surface area contributed by atoms with E-state index in [9.17, 15) is 4.79 Å². The van der Waals surface area contributed by atoms with Crippen molar-refractivity contribution in [3.05, 3.63) is 26.6 Å². The van der Waals surface area contributed by atoms with Gasteiger partial charge in [0.25, 0.3) is 5.56 Å². The third-order valence-electron chi connectivity index (χ3n) is 3.43. The van der Waals surface area contributed by atoms with Gasteiger partial charge in [0.15, 0.2) is 0 Å². The molecule has 2 aromatic rings. The second-order valence-electron chi connectivity index (χ2n) is 6.46. The van der Waals surface area contributed by atoms with Crippen LogP contribution in [0.25, 0.3) is 10.2 Å². The van der Waals surface area contributed by atoms with Crippen LogP contribution in [-0.4, -0.2) is 16.5 Å². The number of H-pyrrole nitrogens is 1. The summed E-state index contributed by atoms with van der Waals surface area (Å²) >= 11 is 1.59. The van der Waals surface area contributed by atoms with Crippen LogP contribution in [0, 0.1) is 19.3 Å². The second kappa shape index (κ2) is 5.66. The second-order valence-corrected chi connectivity index (χ2v) is 7.67. The van der Waals surface area contributed by atoms with Crippen molar-refractivity contribution in [2.45, 2.75) is 47.6 Å². The Morgan fingerprint density at radius 2 is 2.00 bits per heavy atom. The molecule has 0 aliphatic heterocycles. The Morgan fingerprint density at radius 3 is 2.65 bits per heavy atom. The lowest BCUT2D eigenvalue weighted by Crippen LogP contribution is -2.23. The molecular formula is C15H23N3OS. The molecule has 0 fully saturated rings. The molecule has 0 spiro atoms. The van der Waals surface area contributed by atoms with E-state index in [2.05, 4.69) is 36.1 Å². The summed E-state index contributed by atoms with van der Waals surface area (Å²) in [6.07, 6.45) is 1.09. The number of hydrogen-bond acceptors (Lipinski definition) is 4. The Kier molecular flexibility index (Phi) is 4.30. The summed E-state index contributed by atoms with van der Waals surface area (Å²) in [5.41, 5.74) is 1.34. The average Bonchev–Trinajstić information content (AvgIpc) is 2.60. The van der Waals surface area contributed by atoms with Gasteiger partial charge >= 0.3 is 0 Å². The SMILES string of the molecule is Cc1sc2nc(CNCCC(C)(C)C)[nH]c(=O)c2c1C. The summed E-state index contributed by atoms with van der Waals surface area (Å²) in [4.78, 5) is 21.5. The van der Waals surface area contributed by atoms with Crippen molar-refractivity contribution in [3.63, 3.8) is 0 Å². The molecule has 5 heteroatoms. The molecular weight excluding hydrogens is 270 g/mol. The van der Waals surface area contributed by atoms with Crippen molar-refractivity contribution >= 4 is 21.6 Å². The van der Waals surface area contributed by atoms with Crippen molar-refractivity contribution in [3.8, 4) is 0 Å². The van der Waals surface area contributed by atoms with Crippen LogP contribution in [0.5, 0.6) is 0 Å². The third-order valence-corrected chi connectivity index (χ3v) is 4.53. The van der Waals surface area contributed by atoms with E-state index >= 15 is 0 Å². The van der Waals surface area contributed by atoms with Crippen molar-refractivity contribution in [1.29, 1.82) is 0 Å². The lowest BCUT2D eigenvalue weighted by atomic mass is 9.92. The van der Waals surface area contributed by atoms with Gasteiger partial charge in [0.1, 0.15) is 10.7 Å². The maximum atomic E-state index is 12.1. The van der Waals surface area contributed by atoms with E-state index in [1.165, 1.54) is 0 Å². The van der Waals surface area contributed by atoms with Crippen LogP contribution in [0.1, 0.15) is 43.5 Å². The van der Waals surface area contributed by atoms with Gasteiger partial charge in [-0.05, 0) is 37.8 Å². The molecule has 2 N–H and O–H groups in total. The number of hydrogen-bond donors (Lipinski definition) is 2. The monoisotopic (exact) mass is 293 g/mol. The van der Waals surface area contributed by atoms with Gasteiger partial charge in [-0.25, -0.2) is 4.98 Å². The van der Waals surface area contributed by atoms with Crippen molar-refractivity contribution in [1.82, 2.24) is 15.3 Å². The molecule has 2 aromatic heterocycles. The third kappa shape index (κ3) is 3.46. The van der Waals surface area contributed by atoms with Crippen molar-refractivity contribution in [2.24, 2.45) is 5.41 Å². The molecule has 0 bridgehead atoms. The van der Waals surface area contributed by atoms with Crippen LogP contribution in [0.2, 0.25) is 0 Å². The van der Waals surface area contributed by atoms with E-state index in [1.54, 1.807) is 11.3 Å². The molecule has 0 atom stereocenters. The zero-order valence-corrected chi connectivity index (χ0v) is 13.7. The molecule has 0 saturated heterocycles. The maximum absolute atomic E-state index is 12.1. The minimum Gasteiger partial charge on any atom is -0.310 e. The number of aromatic amines is 1. The van der Waals surface area contributed by atoms with E-state index in [4.69, 9.17) is 0 Å².